The number of anilines is 1. The first-order chi connectivity index (χ1) is 13.6. The summed E-state index contributed by atoms with van der Waals surface area (Å²) < 4.78 is 21.0. The van der Waals surface area contributed by atoms with E-state index >= 15 is 0 Å². The van der Waals surface area contributed by atoms with Crippen molar-refractivity contribution in [2.75, 3.05) is 18.4 Å². The standard InChI is InChI=1S/C21H25ClFN3O3/c1-21(2,3)29-20(28)25-11-8-15(9-12-25)26-10-4-5-18(26)19(27)24-14-6-7-16(22)17(23)13-14/h4-7,10,13,15H,8-9,11-12H2,1-3H3,(H,24,27). The topological polar surface area (TPSA) is 63.6 Å². The number of hydrogen-bond acceptors (Lipinski definition) is 3. The van der Waals surface area contributed by atoms with E-state index in [1.54, 1.807) is 23.1 Å². The maximum Gasteiger partial charge on any atom is 0.410 e. The van der Waals surface area contributed by atoms with Crippen molar-refractivity contribution in [3.8, 4) is 0 Å². The third-order valence-corrected chi connectivity index (χ3v) is 5.01. The maximum atomic E-state index is 13.6. The van der Waals surface area contributed by atoms with Gasteiger partial charge in [-0.15, -0.1) is 0 Å². The summed E-state index contributed by atoms with van der Waals surface area (Å²) >= 11 is 5.68. The van der Waals surface area contributed by atoms with Crippen LogP contribution in [0.4, 0.5) is 14.9 Å². The molecule has 0 aliphatic carbocycles. The van der Waals surface area contributed by atoms with Gasteiger partial charge in [0.05, 0.1) is 5.02 Å². The van der Waals surface area contributed by atoms with Crippen molar-refractivity contribution in [1.82, 2.24) is 9.47 Å². The molecule has 0 saturated carbocycles. The highest BCUT2D eigenvalue weighted by Gasteiger charge is 2.28. The lowest BCUT2D eigenvalue weighted by atomic mass is 10.0. The van der Waals surface area contributed by atoms with E-state index in [9.17, 15) is 14.0 Å². The molecule has 1 saturated heterocycles. The number of nitrogens with zero attached hydrogens (tertiary/aromatic N) is 2. The third kappa shape index (κ3) is 5.29. The number of nitrogens with one attached hydrogen (secondary N) is 1. The predicted octanol–water partition coefficient (Wildman–Crippen LogP) is 5.10. The van der Waals surface area contributed by atoms with Gasteiger partial charge in [0.15, 0.2) is 0 Å². The molecule has 8 heteroatoms. The van der Waals surface area contributed by atoms with Crippen molar-refractivity contribution in [2.45, 2.75) is 45.3 Å². The third-order valence-electron chi connectivity index (χ3n) is 4.70. The minimum Gasteiger partial charge on any atom is -0.444 e. The van der Waals surface area contributed by atoms with E-state index < -0.39 is 11.4 Å². The van der Waals surface area contributed by atoms with Gasteiger partial charge in [0, 0.05) is 31.0 Å². The second-order valence-electron chi connectivity index (χ2n) is 8.08. The van der Waals surface area contributed by atoms with E-state index in [1.807, 2.05) is 31.5 Å². The summed E-state index contributed by atoms with van der Waals surface area (Å²) in [6.45, 7) is 6.64. The number of ether oxygens (including phenoxy) is 1. The van der Waals surface area contributed by atoms with Crippen LogP contribution in [0.1, 0.15) is 50.1 Å². The molecule has 1 aromatic carbocycles. The highest BCUT2D eigenvalue weighted by Crippen LogP contribution is 2.26. The first-order valence-corrected chi connectivity index (χ1v) is 9.93. The Morgan fingerprint density at radius 3 is 2.52 bits per heavy atom. The van der Waals surface area contributed by atoms with E-state index in [0.29, 0.717) is 37.3 Å². The van der Waals surface area contributed by atoms with Crippen molar-refractivity contribution in [1.29, 1.82) is 0 Å². The van der Waals surface area contributed by atoms with Gasteiger partial charge in [-0.2, -0.15) is 0 Å². The largest absolute Gasteiger partial charge is 0.444 e. The average molecular weight is 422 g/mol. The summed E-state index contributed by atoms with van der Waals surface area (Å²) in [5.41, 5.74) is 0.293. The van der Waals surface area contributed by atoms with E-state index in [1.165, 1.54) is 12.1 Å². The quantitative estimate of drug-likeness (QED) is 0.749. The van der Waals surface area contributed by atoms with E-state index in [-0.39, 0.29) is 23.1 Å². The SMILES string of the molecule is CC(C)(C)OC(=O)N1CCC(n2cccc2C(=O)Nc2ccc(Cl)c(F)c2)CC1. The number of hydrogen-bond donors (Lipinski definition) is 1. The molecule has 2 amide bonds. The van der Waals surface area contributed by atoms with Crippen molar-refractivity contribution in [3.05, 3.63) is 53.1 Å². The van der Waals surface area contributed by atoms with Crippen LogP contribution in [0, 0.1) is 5.82 Å². The van der Waals surface area contributed by atoms with E-state index in [4.69, 9.17) is 16.3 Å². The zero-order chi connectivity index (χ0) is 21.2. The second kappa shape index (κ2) is 8.45. The molecule has 1 aromatic heterocycles. The molecule has 1 N–H and O–H groups in total. The lowest BCUT2D eigenvalue weighted by Crippen LogP contribution is -2.42. The van der Waals surface area contributed by atoms with Crippen LogP contribution in [0.25, 0.3) is 0 Å². The van der Waals surface area contributed by atoms with Gasteiger partial charge in [-0.05, 0) is 63.9 Å². The number of benzene rings is 1. The molecule has 6 nitrogen and oxygen atoms in total. The summed E-state index contributed by atoms with van der Waals surface area (Å²) in [5.74, 6) is -0.916. The lowest BCUT2D eigenvalue weighted by molar-refractivity contribution is 0.0187. The van der Waals surface area contributed by atoms with Gasteiger partial charge >= 0.3 is 6.09 Å². The first kappa shape index (κ1) is 21.2. The van der Waals surface area contributed by atoms with Gasteiger partial charge in [0.25, 0.3) is 5.91 Å². The Morgan fingerprint density at radius 2 is 1.90 bits per heavy atom. The van der Waals surface area contributed by atoms with Crippen molar-refractivity contribution < 1.29 is 18.7 Å². The molecule has 0 unspecified atom stereocenters. The molecule has 0 spiro atoms. The average Bonchev–Trinajstić information content (AvgIpc) is 3.13. The maximum absolute atomic E-state index is 13.6. The van der Waals surface area contributed by atoms with Crippen molar-refractivity contribution in [2.24, 2.45) is 0 Å². The second-order valence-corrected chi connectivity index (χ2v) is 8.49. The molecule has 1 fully saturated rings. The Morgan fingerprint density at radius 1 is 1.21 bits per heavy atom. The molecule has 1 aliphatic heterocycles. The van der Waals surface area contributed by atoms with Crippen LogP contribution >= 0.6 is 11.6 Å². The molecule has 0 bridgehead atoms. The van der Waals surface area contributed by atoms with Crippen LogP contribution in [-0.4, -0.2) is 40.2 Å². The first-order valence-electron chi connectivity index (χ1n) is 9.55. The zero-order valence-electron chi connectivity index (χ0n) is 16.7. The fraction of sp³-hybridized carbons (Fsp3) is 0.429. The van der Waals surface area contributed by atoms with Gasteiger partial charge in [-0.25, -0.2) is 9.18 Å². The highest BCUT2D eigenvalue weighted by atomic mass is 35.5. The highest BCUT2D eigenvalue weighted by molar-refractivity contribution is 6.30. The number of amides is 2. The molecule has 2 aromatic rings. The number of rotatable bonds is 3. The summed E-state index contributed by atoms with van der Waals surface area (Å²) in [6.07, 6.45) is 2.96. The van der Waals surface area contributed by atoms with Crippen LogP contribution in [0.5, 0.6) is 0 Å². The van der Waals surface area contributed by atoms with Crippen LogP contribution in [0.3, 0.4) is 0 Å². The van der Waals surface area contributed by atoms with Crippen molar-refractivity contribution in [3.63, 3.8) is 0 Å². The monoisotopic (exact) mass is 421 g/mol. The molecule has 0 atom stereocenters. The number of likely N-dealkylation sites (tertiary alicyclic amines) is 1. The Balaban J connectivity index is 1.64. The Labute approximate surface area is 174 Å². The van der Waals surface area contributed by atoms with Crippen LogP contribution in [0.15, 0.2) is 36.5 Å². The number of carbonyl (C=O) groups is 2. The smallest absolute Gasteiger partial charge is 0.410 e. The summed E-state index contributed by atoms with van der Waals surface area (Å²) in [4.78, 5) is 26.6. The summed E-state index contributed by atoms with van der Waals surface area (Å²) in [7, 11) is 0. The normalized spacial score (nSPS) is 15.3. The molecule has 0 radical (unpaired) electrons. The number of piperidine rings is 1. The van der Waals surface area contributed by atoms with E-state index in [0.717, 1.165) is 0 Å². The minimum atomic E-state index is -0.589. The summed E-state index contributed by atoms with van der Waals surface area (Å²) in [6, 6.07) is 7.76. The Hall–Kier alpha value is -2.54. The summed E-state index contributed by atoms with van der Waals surface area (Å²) in [5, 5.41) is 2.70. The minimum absolute atomic E-state index is 0.00289. The van der Waals surface area contributed by atoms with Crippen LogP contribution in [-0.2, 0) is 4.74 Å². The Kier molecular flexibility index (Phi) is 6.17. The van der Waals surface area contributed by atoms with Crippen LogP contribution < -0.4 is 5.32 Å². The lowest BCUT2D eigenvalue weighted by Gasteiger charge is -2.34. The molecule has 3 rings (SSSR count). The molecule has 156 valence electrons. The predicted molar refractivity (Wildman–Crippen MR) is 110 cm³/mol. The molecular formula is C21H25ClFN3O3. The van der Waals surface area contributed by atoms with Gasteiger partial charge in [-0.1, -0.05) is 11.6 Å². The molecule has 2 heterocycles. The Bertz CT molecular complexity index is 899. The number of carbonyl (C=O) groups excluding carboxylic acids is 2. The van der Waals surface area contributed by atoms with Crippen LogP contribution in [0.2, 0.25) is 5.02 Å². The fourth-order valence-corrected chi connectivity index (χ4v) is 3.44. The number of aromatic nitrogens is 1. The van der Waals surface area contributed by atoms with E-state index in [2.05, 4.69) is 5.32 Å². The van der Waals surface area contributed by atoms with Gasteiger partial charge < -0.3 is 19.5 Å². The van der Waals surface area contributed by atoms with Crippen molar-refractivity contribution >= 4 is 29.3 Å². The number of halogens is 2. The van der Waals surface area contributed by atoms with Gasteiger partial charge in [-0.3, -0.25) is 4.79 Å². The fourth-order valence-electron chi connectivity index (χ4n) is 3.33. The van der Waals surface area contributed by atoms with Gasteiger partial charge in [0.2, 0.25) is 0 Å². The molecule has 29 heavy (non-hydrogen) atoms. The molecule has 1 aliphatic rings. The molecular weight excluding hydrogens is 397 g/mol. The zero-order valence-corrected chi connectivity index (χ0v) is 17.5. The van der Waals surface area contributed by atoms with Gasteiger partial charge in [0.1, 0.15) is 17.1 Å².